The first-order chi connectivity index (χ1) is 10.00. The minimum Gasteiger partial charge on any atom is -0.503 e. The molecule has 126 valence electrons. The maximum absolute atomic E-state index is 11.8. The fraction of sp³-hybridized carbons (Fsp3) is 0.867. The van der Waals surface area contributed by atoms with Gasteiger partial charge in [-0.15, -0.1) is 0 Å². The Hall–Kier alpha value is -1.24. The summed E-state index contributed by atoms with van der Waals surface area (Å²) in [6, 6.07) is 0. The molecular formula is C15H28N2O4Si. The Kier molecular flexibility index (Phi) is 6.28. The van der Waals surface area contributed by atoms with Crippen molar-refractivity contribution in [3.63, 3.8) is 0 Å². The molecule has 1 rings (SSSR count). The third-order valence-electron chi connectivity index (χ3n) is 3.57. The van der Waals surface area contributed by atoms with Crippen LogP contribution in [-0.4, -0.2) is 27.3 Å². The minimum absolute atomic E-state index is 0.0891. The van der Waals surface area contributed by atoms with E-state index in [-0.39, 0.29) is 16.2 Å². The van der Waals surface area contributed by atoms with Crippen molar-refractivity contribution in [1.29, 1.82) is 0 Å². The highest BCUT2D eigenvalue weighted by Gasteiger charge is 2.41. The van der Waals surface area contributed by atoms with Gasteiger partial charge >= 0.3 is 12.2 Å². The molecule has 0 saturated heterocycles. The lowest BCUT2D eigenvalue weighted by Crippen LogP contribution is -2.39. The fourth-order valence-electron chi connectivity index (χ4n) is 3.03. The van der Waals surface area contributed by atoms with E-state index >= 15 is 0 Å². The number of hydrogen-bond acceptors (Lipinski definition) is 4. The second-order valence-electron chi connectivity index (χ2n) is 7.99. The van der Waals surface area contributed by atoms with Gasteiger partial charge in [0.15, 0.2) is 0 Å². The number of azo groups is 1. The first-order valence-corrected chi connectivity index (χ1v) is 9.46. The van der Waals surface area contributed by atoms with Gasteiger partial charge in [-0.2, -0.15) is 0 Å². The molecule has 0 aromatic carbocycles. The minimum atomic E-state index is -1.92. The van der Waals surface area contributed by atoms with E-state index in [4.69, 9.17) is 9.16 Å². The maximum atomic E-state index is 11.8. The van der Waals surface area contributed by atoms with Gasteiger partial charge in [0.25, 0.3) is 9.04 Å². The van der Waals surface area contributed by atoms with Crippen LogP contribution in [0, 0.1) is 0 Å². The van der Waals surface area contributed by atoms with Crippen molar-refractivity contribution in [2.75, 3.05) is 0 Å². The summed E-state index contributed by atoms with van der Waals surface area (Å²) < 4.78 is 10.6. The number of carbonyl (C=O) groups excluding carboxylic acids is 2. The molecule has 1 aliphatic rings. The molecule has 22 heavy (non-hydrogen) atoms. The summed E-state index contributed by atoms with van der Waals surface area (Å²) in [5, 5.41) is 6.47. The Bertz CT molecular complexity index is 418. The number of ether oxygens (including phenoxy) is 1. The van der Waals surface area contributed by atoms with Crippen molar-refractivity contribution in [3.8, 4) is 0 Å². The number of amides is 2. The van der Waals surface area contributed by atoms with Crippen LogP contribution in [0.25, 0.3) is 0 Å². The smallest absolute Gasteiger partial charge is 0.452 e. The summed E-state index contributed by atoms with van der Waals surface area (Å²) in [6.07, 6.45) is 2.12. The molecule has 0 N–H and O–H groups in total. The van der Waals surface area contributed by atoms with Crippen LogP contribution in [0.2, 0.25) is 10.1 Å². The molecule has 2 amide bonds. The zero-order chi connectivity index (χ0) is 17.0. The van der Waals surface area contributed by atoms with Gasteiger partial charge in [-0.25, -0.2) is 9.59 Å². The summed E-state index contributed by atoms with van der Waals surface area (Å²) >= 11 is 0. The van der Waals surface area contributed by atoms with Gasteiger partial charge in [0.05, 0.1) is 0 Å². The normalized spacial score (nSPS) is 17.2. The van der Waals surface area contributed by atoms with Gasteiger partial charge < -0.3 is 9.16 Å². The number of hydrogen-bond donors (Lipinski definition) is 0. The third-order valence-corrected chi connectivity index (χ3v) is 7.16. The molecule has 0 spiro atoms. The molecule has 7 heteroatoms. The molecule has 0 aliphatic heterocycles. The van der Waals surface area contributed by atoms with Crippen molar-refractivity contribution in [3.05, 3.63) is 0 Å². The lowest BCUT2D eigenvalue weighted by atomic mass is 10.2. The van der Waals surface area contributed by atoms with Crippen LogP contribution in [0.4, 0.5) is 9.59 Å². The molecule has 0 aromatic rings. The van der Waals surface area contributed by atoms with Gasteiger partial charge in [-0.3, -0.25) is 0 Å². The molecule has 0 unspecified atom stereocenters. The van der Waals surface area contributed by atoms with Crippen LogP contribution in [0.3, 0.4) is 0 Å². The predicted octanol–water partition coefficient (Wildman–Crippen LogP) is 4.98. The van der Waals surface area contributed by atoms with Crippen LogP contribution in [0.5, 0.6) is 0 Å². The third kappa shape index (κ3) is 6.25. The fourth-order valence-corrected chi connectivity index (χ4v) is 6.58. The van der Waals surface area contributed by atoms with Gasteiger partial charge in [-0.1, -0.05) is 51.8 Å². The van der Waals surface area contributed by atoms with Gasteiger partial charge in [0.2, 0.25) is 0 Å². The monoisotopic (exact) mass is 328 g/mol. The highest BCUT2D eigenvalue weighted by Crippen LogP contribution is 2.42. The first-order valence-electron chi connectivity index (χ1n) is 7.83. The Morgan fingerprint density at radius 1 is 0.909 bits per heavy atom. The van der Waals surface area contributed by atoms with E-state index < -0.39 is 21.2 Å². The molecule has 0 heterocycles. The molecule has 1 aliphatic carbocycles. The molecule has 0 aromatic heterocycles. The van der Waals surface area contributed by atoms with Crippen LogP contribution in [0.1, 0.15) is 67.2 Å². The Labute approximate surface area is 134 Å². The van der Waals surface area contributed by atoms with Crippen LogP contribution in [0.15, 0.2) is 10.2 Å². The van der Waals surface area contributed by atoms with E-state index in [2.05, 4.69) is 10.2 Å². The predicted molar refractivity (Wildman–Crippen MR) is 86.7 cm³/mol. The maximum Gasteiger partial charge on any atom is 0.452 e. The molecule has 0 bridgehead atoms. The summed E-state index contributed by atoms with van der Waals surface area (Å²) in [5.41, 5.74) is 0. The van der Waals surface area contributed by atoms with E-state index in [0.29, 0.717) is 0 Å². The van der Waals surface area contributed by atoms with Crippen molar-refractivity contribution in [2.45, 2.75) is 83.4 Å². The number of carbonyl (C=O) groups is 2. The van der Waals surface area contributed by atoms with Crippen LogP contribution in [-0.2, 0) is 9.16 Å². The zero-order valence-electron chi connectivity index (χ0n) is 14.5. The first kappa shape index (κ1) is 18.8. The Morgan fingerprint density at radius 2 is 1.36 bits per heavy atom. The van der Waals surface area contributed by atoms with E-state index in [1.165, 1.54) is 0 Å². The number of rotatable bonds is 2. The van der Waals surface area contributed by atoms with Crippen molar-refractivity contribution in [1.82, 2.24) is 0 Å². The highest BCUT2D eigenvalue weighted by atomic mass is 28.3. The van der Waals surface area contributed by atoms with E-state index in [1.54, 1.807) is 0 Å². The molecule has 1 saturated carbocycles. The molecule has 6 nitrogen and oxygen atoms in total. The molecule has 0 radical (unpaired) electrons. The van der Waals surface area contributed by atoms with Gasteiger partial charge in [0.1, 0.15) is 6.10 Å². The molecule has 1 fully saturated rings. The largest absolute Gasteiger partial charge is 0.503 e. The van der Waals surface area contributed by atoms with Gasteiger partial charge in [-0.05, 0) is 35.8 Å². The molecule has 0 atom stereocenters. The van der Waals surface area contributed by atoms with Crippen molar-refractivity contribution >= 4 is 21.2 Å². The lowest BCUT2D eigenvalue weighted by molar-refractivity contribution is 0.108. The van der Waals surface area contributed by atoms with E-state index in [1.807, 2.05) is 41.5 Å². The highest BCUT2D eigenvalue weighted by molar-refractivity contribution is 6.60. The SMILES string of the molecule is CC(C)(C)[SiH](OC(=O)N=NC(=O)OC1CCCC1)C(C)(C)C. The van der Waals surface area contributed by atoms with E-state index in [9.17, 15) is 9.59 Å². The zero-order valence-corrected chi connectivity index (χ0v) is 15.7. The second-order valence-corrected chi connectivity index (χ2v) is 12.4. The average Bonchev–Trinajstić information content (AvgIpc) is 2.83. The lowest BCUT2D eigenvalue weighted by Gasteiger charge is -2.36. The van der Waals surface area contributed by atoms with Crippen LogP contribution >= 0.6 is 0 Å². The standard InChI is InChI=1S/C15H28N2O4Si/c1-14(2,3)22(15(4,5)6)21-13(19)17-16-12(18)20-11-9-7-8-10-11/h11,22H,7-10H2,1-6H3. The summed E-state index contributed by atoms with van der Waals surface area (Å²) in [7, 11) is -1.92. The summed E-state index contributed by atoms with van der Waals surface area (Å²) in [5.74, 6) is 0. The van der Waals surface area contributed by atoms with Crippen molar-refractivity contribution in [2.24, 2.45) is 10.2 Å². The van der Waals surface area contributed by atoms with Gasteiger partial charge in [0, 0.05) is 0 Å². The summed E-state index contributed by atoms with van der Waals surface area (Å²) in [4.78, 5) is 23.3. The molecular weight excluding hydrogens is 300 g/mol. The van der Waals surface area contributed by atoms with Crippen LogP contribution < -0.4 is 0 Å². The van der Waals surface area contributed by atoms with E-state index in [0.717, 1.165) is 25.7 Å². The average molecular weight is 328 g/mol. The Balaban J connectivity index is 2.55. The topological polar surface area (TPSA) is 77.3 Å². The number of nitrogens with zero attached hydrogens (tertiary/aromatic N) is 2. The Morgan fingerprint density at radius 3 is 1.82 bits per heavy atom. The second kappa shape index (κ2) is 7.35. The summed E-state index contributed by atoms with van der Waals surface area (Å²) in [6.45, 7) is 12.3. The van der Waals surface area contributed by atoms with Crippen molar-refractivity contribution < 1.29 is 18.8 Å². The quantitative estimate of drug-likeness (QED) is 0.529.